The highest BCUT2D eigenvalue weighted by Crippen LogP contribution is 2.24. The molecule has 27 heavy (non-hydrogen) atoms. The van der Waals surface area contributed by atoms with Gasteiger partial charge in [0.2, 0.25) is 0 Å². The highest BCUT2D eigenvalue weighted by Gasteiger charge is 2.12. The van der Waals surface area contributed by atoms with E-state index in [2.05, 4.69) is 39.3 Å². The van der Waals surface area contributed by atoms with Gasteiger partial charge in [0.1, 0.15) is 11.5 Å². The molecule has 0 fully saturated rings. The summed E-state index contributed by atoms with van der Waals surface area (Å²) in [5.41, 5.74) is 6.32. The van der Waals surface area contributed by atoms with Crippen LogP contribution in [0.25, 0.3) is 22.2 Å². The molecule has 0 bridgehead atoms. The van der Waals surface area contributed by atoms with Crippen molar-refractivity contribution in [3.8, 4) is 11.3 Å². The Hall–Kier alpha value is -3.47. The lowest BCUT2D eigenvalue weighted by Crippen LogP contribution is -2.12. The number of hydrogen-bond acceptors (Lipinski definition) is 3. The molecule has 0 unspecified atom stereocenters. The van der Waals surface area contributed by atoms with Gasteiger partial charge < -0.3 is 10.3 Å². The summed E-state index contributed by atoms with van der Waals surface area (Å²) in [5, 5.41) is 4.03. The molecule has 0 saturated heterocycles. The molecule has 4 rings (SSSR count). The predicted octanol–water partition coefficient (Wildman–Crippen LogP) is 4.80. The van der Waals surface area contributed by atoms with E-state index in [1.54, 1.807) is 6.20 Å². The van der Waals surface area contributed by atoms with Crippen molar-refractivity contribution in [3.05, 3.63) is 77.4 Å². The fourth-order valence-corrected chi connectivity index (χ4v) is 3.29. The average Bonchev–Trinajstić information content (AvgIpc) is 3.06. The molecule has 1 amide bonds. The lowest BCUT2D eigenvalue weighted by atomic mass is 10.1. The zero-order chi connectivity index (χ0) is 19.0. The van der Waals surface area contributed by atoms with Gasteiger partial charge in [-0.05, 0) is 62.2 Å². The van der Waals surface area contributed by atoms with Crippen molar-refractivity contribution in [2.45, 2.75) is 20.8 Å². The maximum Gasteiger partial charge on any atom is 0.272 e. The number of nitrogens with zero attached hydrogens (tertiary/aromatic N) is 2. The van der Waals surface area contributed by atoms with Crippen molar-refractivity contribution in [1.29, 1.82) is 0 Å². The molecule has 2 N–H and O–H groups in total. The van der Waals surface area contributed by atoms with Gasteiger partial charge in [-0.15, -0.1) is 0 Å². The minimum Gasteiger partial charge on any atom is -0.351 e. The Balaban J connectivity index is 1.62. The second kappa shape index (κ2) is 6.68. The van der Waals surface area contributed by atoms with Crippen LogP contribution in [0.15, 0.2) is 54.7 Å². The van der Waals surface area contributed by atoms with Gasteiger partial charge in [-0.25, -0.2) is 9.97 Å². The number of benzene rings is 2. The summed E-state index contributed by atoms with van der Waals surface area (Å²) in [6.07, 6.45) is 1.73. The molecule has 0 aliphatic carbocycles. The first-order valence-corrected chi connectivity index (χ1v) is 8.81. The molecule has 134 valence electrons. The number of H-pyrrole nitrogens is 1. The predicted molar refractivity (Wildman–Crippen MR) is 108 cm³/mol. The quantitative estimate of drug-likeness (QED) is 0.554. The molecular weight excluding hydrogens is 336 g/mol. The number of carbonyl (C=O) groups excluding carboxylic acids is 1. The van der Waals surface area contributed by atoms with Crippen LogP contribution in [0.4, 0.5) is 5.69 Å². The fraction of sp³-hybridized carbons (Fsp3) is 0.136. The number of amides is 1. The summed E-state index contributed by atoms with van der Waals surface area (Å²) in [6, 6.07) is 15.6. The maximum atomic E-state index is 12.7. The minimum atomic E-state index is -0.167. The number of nitrogens with one attached hydrogen (secondary N) is 2. The van der Waals surface area contributed by atoms with Crippen LogP contribution in [0.1, 0.15) is 27.4 Å². The Morgan fingerprint density at radius 2 is 1.89 bits per heavy atom. The first-order chi connectivity index (χ1) is 13.0. The number of aryl methyl sites for hydroxylation is 3. The molecule has 2 aromatic carbocycles. The van der Waals surface area contributed by atoms with Crippen molar-refractivity contribution in [2.24, 2.45) is 0 Å². The standard InChI is InChI=1S/C22H20N4O/c1-13-9-14(2)18-12-21(26-20(18)10-13)22(27)25-17-6-4-5-16(11-17)19-7-8-23-15(3)24-19/h4-12,26H,1-3H3,(H,25,27). The van der Waals surface area contributed by atoms with Crippen LogP contribution in [0, 0.1) is 20.8 Å². The van der Waals surface area contributed by atoms with Gasteiger partial charge in [0, 0.05) is 28.4 Å². The first-order valence-electron chi connectivity index (χ1n) is 8.81. The Kier molecular flexibility index (Phi) is 4.20. The minimum absolute atomic E-state index is 0.167. The van der Waals surface area contributed by atoms with Crippen LogP contribution in [0.5, 0.6) is 0 Å². The number of fused-ring (bicyclic) bond motifs is 1. The van der Waals surface area contributed by atoms with E-state index < -0.39 is 0 Å². The van der Waals surface area contributed by atoms with Gasteiger partial charge >= 0.3 is 0 Å². The lowest BCUT2D eigenvalue weighted by molar-refractivity contribution is 0.102. The van der Waals surface area contributed by atoms with Crippen LogP contribution < -0.4 is 5.32 Å². The molecule has 4 aromatic rings. The normalized spacial score (nSPS) is 10.9. The smallest absolute Gasteiger partial charge is 0.272 e. The highest BCUT2D eigenvalue weighted by atomic mass is 16.1. The number of aromatic nitrogens is 3. The summed E-state index contributed by atoms with van der Waals surface area (Å²) >= 11 is 0. The van der Waals surface area contributed by atoms with Crippen molar-refractivity contribution in [2.75, 3.05) is 5.32 Å². The lowest BCUT2D eigenvalue weighted by Gasteiger charge is -2.07. The molecule has 0 atom stereocenters. The van der Waals surface area contributed by atoms with Gasteiger partial charge in [0.15, 0.2) is 0 Å². The highest BCUT2D eigenvalue weighted by molar-refractivity contribution is 6.06. The third-order valence-corrected chi connectivity index (χ3v) is 4.53. The van der Waals surface area contributed by atoms with E-state index in [4.69, 9.17) is 0 Å². The second-order valence-electron chi connectivity index (χ2n) is 6.75. The Bertz CT molecular complexity index is 1160. The van der Waals surface area contributed by atoms with Crippen LogP contribution >= 0.6 is 0 Å². The molecule has 0 aliphatic heterocycles. The van der Waals surface area contributed by atoms with Crippen LogP contribution in [-0.2, 0) is 0 Å². The maximum absolute atomic E-state index is 12.7. The molecule has 2 heterocycles. The zero-order valence-corrected chi connectivity index (χ0v) is 15.5. The number of carbonyl (C=O) groups is 1. The summed E-state index contributed by atoms with van der Waals surface area (Å²) < 4.78 is 0. The summed E-state index contributed by atoms with van der Waals surface area (Å²) in [6.45, 7) is 5.96. The topological polar surface area (TPSA) is 70.7 Å². The molecule has 5 heteroatoms. The summed E-state index contributed by atoms with van der Waals surface area (Å²) in [5.74, 6) is 0.546. The van der Waals surface area contributed by atoms with Gasteiger partial charge in [0.25, 0.3) is 5.91 Å². The van der Waals surface area contributed by atoms with E-state index in [1.807, 2.05) is 50.2 Å². The molecule has 2 aromatic heterocycles. The van der Waals surface area contributed by atoms with Gasteiger partial charge in [-0.2, -0.15) is 0 Å². The molecule has 0 radical (unpaired) electrons. The number of anilines is 1. The second-order valence-corrected chi connectivity index (χ2v) is 6.75. The Morgan fingerprint density at radius 1 is 1.04 bits per heavy atom. The van der Waals surface area contributed by atoms with E-state index in [0.717, 1.165) is 33.4 Å². The van der Waals surface area contributed by atoms with Crippen molar-refractivity contribution >= 4 is 22.5 Å². The average molecular weight is 356 g/mol. The number of hydrogen-bond donors (Lipinski definition) is 2. The SMILES string of the molecule is Cc1cc(C)c2cc(C(=O)Nc3cccc(-c4ccnc(C)n4)c3)[nH]c2c1. The monoisotopic (exact) mass is 356 g/mol. The first kappa shape index (κ1) is 17.0. The van der Waals surface area contributed by atoms with Crippen molar-refractivity contribution < 1.29 is 4.79 Å². The van der Waals surface area contributed by atoms with Crippen molar-refractivity contribution in [1.82, 2.24) is 15.0 Å². The van der Waals surface area contributed by atoms with Crippen molar-refractivity contribution in [3.63, 3.8) is 0 Å². The van der Waals surface area contributed by atoms with E-state index in [1.165, 1.54) is 5.56 Å². The fourth-order valence-electron chi connectivity index (χ4n) is 3.29. The Labute approximate surface area is 157 Å². The molecular formula is C22H20N4O. The molecule has 0 aliphatic rings. The summed E-state index contributed by atoms with van der Waals surface area (Å²) in [7, 11) is 0. The number of aromatic amines is 1. The third-order valence-electron chi connectivity index (χ3n) is 4.53. The summed E-state index contributed by atoms with van der Waals surface area (Å²) in [4.78, 5) is 24.5. The molecule has 0 spiro atoms. The number of rotatable bonds is 3. The molecule has 5 nitrogen and oxygen atoms in total. The van der Waals surface area contributed by atoms with E-state index >= 15 is 0 Å². The van der Waals surface area contributed by atoms with Gasteiger partial charge in [-0.3, -0.25) is 4.79 Å². The largest absolute Gasteiger partial charge is 0.351 e. The molecule has 0 saturated carbocycles. The third kappa shape index (κ3) is 3.44. The van der Waals surface area contributed by atoms with Crippen LogP contribution in [0.2, 0.25) is 0 Å². The Morgan fingerprint density at radius 3 is 2.70 bits per heavy atom. The zero-order valence-electron chi connectivity index (χ0n) is 15.5. The van der Waals surface area contributed by atoms with Gasteiger partial charge in [0.05, 0.1) is 5.69 Å². The van der Waals surface area contributed by atoms with E-state index in [0.29, 0.717) is 11.5 Å². The van der Waals surface area contributed by atoms with Crippen LogP contribution in [-0.4, -0.2) is 20.9 Å². The van der Waals surface area contributed by atoms with E-state index in [-0.39, 0.29) is 5.91 Å². The van der Waals surface area contributed by atoms with Crippen LogP contribution in [0.3, 0.4) is 0 Å². The van der Waals surface area contributed by atoms with E-state index in [9.17, 15) is 4.79 Å². The van der Waals surface area contributed by atoms with Gasteiger partial charge in [-0.1, -0.05) is 18.2 Å².